The van der Waals surface area contributed by atoms with Crippen LogP contribution in [0.5, 0.6) is 0 Å². The van der Waals surface area contributed by atoms with Crippen LogP contribution >= 0.6 is 0 Å². The van der Waals surface area contributed by atoms with Crippen LogP contribution in [-0.2, 0) is 0 Å². The van der Waals surface area contributed by atoms with E-state index in [4.69, 9.17) is 0 Å². The van der Waals surface area contributed by atoms with Crippen molar-refractivity contribution in [1.29, 1.82) is 0 Å². The molecule has 0 aromatic carbocycles. The van der Waals surface area contributed by atoms with Crippen LogP contribution in [0.15, 0.2) is 0 Å². The topological polar surface area (TPSA) is 0 Å². The molecule has 0 N–H and O–H groups in total. The fourth-order valence-electron chi connectivity index (χ4n) is 0.770. The summed E-state index contributed by atoms with van der Waals surface area (Å²) >= 11 is 0.713. The molecular formula is C6H14AlBr. The molecule has 0 aliphatic carbocycles. The van der Waals surface area contributed by atoms with Gasteiger partial charge in [-0.15, -0.1) is 0 Å². The minimum Gasteiger partial charge on any atom is -1.00 e. The molecule has 48 valence electrons. The summed E-state index contributed by atoms with van der Waals surface area (Å²) in [4.78, 5) is 0. The van der Waals surface area contributed by atoms with Crippen LogP contribution < -0.4 is 17.0 Å². The van der Waals surface area contributed by atoms with Gasteiger partial charge in [-0.2, -0.15) is 0 Å². The van der Waals surface area contributed by atoms with Crippen LogP contribution in [0.25, 0.3) is 0 Å². The van der Waals surface area contributed by atoms with Gasteiger partial charge in [0.25, 0.3) is 0 Å². The van der Waals surface area contributed by atoms with E-state index in [9.17, 15) is 0 Å². The van der Waals surface area contributed by atoms with Crippen molar-refractivity contribution in [3.8, 4) is 0 Å². The third-order valence-electron chi connectivity index (χ3n) is 0.770. The van der Waals surface area contributed by atoms with Gasteiger partial charge >= 0.3 is 52.5 Å². The summed E-state index contributed by atoms with van der Waals surface area (Å²) in [6, 6.07) is 0. The van der Waals surface area contributed by atoms with E-state index in [1.54, 1.807) is 0 Å². The van der Waals surface area contributed by atoms with Gasteiger partial charge in [0.15, 0.2) is 0 Å². The van der Waals surface area contributed by atoms with Gasteiger partial charge in [0.2, 0.25) is 0 Å². The summed E-state index contributed by atoms with van der Waals surface area (Å²) in [6.45, 7) is 9.20. The Balaban J connectivity index is 0. The zero-order valence-electron chi connectivity index (χ0n) is 6.11. The molecule has 2 heteroatoms. The van der Waals surface area contributed by atoms with Gasteiger partial charge in [-0.05, 0) is 0 Å². The molecule has 0 unspecified atom stereocenters. The normalized spacial score (nSPS) is 8.75. The van der Waals surface area contributed by atoms with E-state index >= 15 is 0 Å². The molecule has 0 bridgehead atoms. The van der Waals surface area contributed by atoms with Crippen molar-refractivity contribution < 1.29 is 17.0 Å². The maximum Gasteiger partial charge on any atom is -1.00 e. The van der Waals surface area contributed by atoms with Crippen LogP contribution in [0.2, 0.25) is 9.56 Å². The van der Waals surface area contributed by atoms with Crippen molar-refractivity contribution in [3.05, 3.63) is 0 Å². The van der Waals surface area contributed by atoms with E-state index in [-0.39, 0.29) is 17.0 Å². The minimum absolute atomic E-state index is 0. The molecule has 0 saturated carbocycles. The van der Waals surface area contributed by atoms with E-state index in [0.29, 0.717) is 15.2 Å². The average molecular weight is 193 g/mol. The summed E-state index contributed by atoms with van der Waals surface area (Å²) in [5.74, 6) is 0. The maximum atomic E-state index is 2.30. The Morgan fingerprint density at radius 3 is 1.12 bits per heavy atom. The monoisotopic (exact) mass is 192 g/mol. The first-order chi connectivity index (χ1) is 3.13. The molecule has 8 heavy (non-hydrogen) atoms. The van der Waals surface area contributed by atoms with Gasteiger partial charge in [0.1, 0.15) is 0 Å². The zero-order valence-corrected chi connectivity index (χ0v) is 8.85. The molecule has 0 fully saturated rings. The number of hydrogen-bond donors (Lipinski definition) is 0. The quantitative estimate of drug-likeness (QED) is 0.511. The van der Waals surface area contributed by atoms with Crippen molar-refractivity contribution >= 4 is 15.2 Å². The van der Waals surface area contributed by atoms with Gasteiger partial charge in [0.05, 0.1) is 0 Å². The van der Waals surface area contributed by atoms with Gasteiger partial charge in [-0.25, -0.2) is 0 Å². The average Bonchev–Trinajstić information content (AvgIpc) is 1.27. The molecule has 0 heterocycles. The summed E-state index contributed by atoms with van der Waals surface area (Å²) in [6.07, 6.45) is 0. The van der Waals surface area contributed by atoms with Crippen molar-refractivity contribution in [3.63, 3.8) is 0 Å². The van der Waals surface area contributed by atoms with Crippen LogP contribution in [-0.4, -0.2) is 15.2 Å². The molecule has 0 aliphatic heterocycles. The smallest absolute Gasteiger partial charge is 1.00 e. The predicted molar refractivity (Wildman–Crippen MR) is 35.9 cm³/mol. The summed E-state index contributed by atoms with van der Waals surface area (Å²) in [7, 11) is 0. The molecule has 0 saturated heterocycles. The second-order valence-electron chi connectivity index (χ2n) is 2.68. The van der Waals surface area contributed by atoms with E-state index in [1.807, 2.05) is 0 Å². The first kappa shape index (κ1) is 11.8. The molecular weight excluding hydrogens is 179 g/mol. The fourth-order valence-corrected chi connectivity index (χ4v) is 2.31. The van der Waals surface area contributed by atoms with Crippen molar-refractivity contribution in [2.75, 3.05) is 0 Å². The van der Waals surface area contributed by atoms with Crippen LogP contribution in [0.4, 0.5) is 0 Å². The van der Waals surface area contributed by atoms with Crippen LogP contribution in [0.1, 0.15) is 27.7 Å². The maximum absolute atomic E-state index is 2.30. The second kappa shape index (κ2) is 6.14. The number of halogens is 1. The SMILES string of the molecule is C[CH](C)[Al+][CH](C)C.[Br-]. The van der Waals surface area contributed by atoms with E-state index in [2.05, 4.69) is 27.7 Å². The fraction of sp³-hybridized carbons (Fsp3) is 1.00. The van der Waals surface area contributed by atoms with E-state index < -0.39 is 0 Å². The van der Waals surface area contributed by atoms with Crippen molar-refractivity contribution in [1.82, 2.24) is 0 Å². The third-order valence-corrected chi connectivity index (χ3v) is 2.31. The molecule has 0 rings (SSSR count). The molecule has 0 nitrogen and oxygen atoms in total. The molecule has 0 aromatic heterocycles. The summed E-state index contributed by atoms with van der Waals surface area (Å²) in [5, 5.41) is 0. The van der Waals surface area contributed by atoms with Gasteiger partial charge in [0, 0.05) is 0 Å². The Kier molecular flexibility index (Phi) is 9.03. The summed E-state index contributed by atoms with van der Waals surface area (Å²) in [5.41, 5.74) is 0. The van der Waals surface area contributed by atoms with Gasteiger partial charge < -0.3 is 17.0 Å². The number of hydrogen-bond acceptors (Lipinski definition) is 0. The molecule has 0 atom stereocenters. The predicted octanol–water partition coefficient (Wildman–Crippen LogP) is -0.649. The largest absolute Gasteiger partial charge is 1.00 e. The minimum atomic E-state index is 0. The Bertz CT molecular complexity index is 37.8. The van der Waals surface area contributed by atoms with Crippen molar-refractivity contribution in [2.45, 2.75) is 37.3 Å². The van der Waals surface area contributed by atoms with Crippen LogP contribution in [0, 0.1) is 0 Å². The molecule has 0 amide bonds. The molecule has 0 spiro atoms. The molecule has 0 aromatic rings. The van der Waals surface area contributed by atoms with Crippen molar-refractivity contribution in [2.24, 2.45) is 0 Å². The zero-order chi connectivity index (χ0) is 5.86. The first-order valence-corrected chi connectivity index (χ1v) is 4.31. The van der Waals surface area contributed by atoms with E-state index in [1.165, 1.54) is 0 Å². The Labute approximate surface area is 69.5 Å². The Hall–Kier alpha value is 1.01. The Morgan fingerprint density at radius 1 is 0.875 bits per heavy atom. The third kappa shape index (κ3) is 10.1. The first-order valence-electron chi connectivity index (χ1n) is 2.98. The van der Waals surface area contributed by atoms with Crippen LogP contribution in [0.3, 0.4) is 0 Å². The van der Waals surface area contributed by atoms with E-state index in [0.717, 1.165) is 9.56 Å². The summed E-state index contributed by atoms with van der Waals surface area (Å²) < 4.78 is 1.92. The number of rotatable bonds is 2. The standard InChI is InChI=1S/2C3H7.Al.BrH/c2*1-3-2;;/h2*3H,1-2H3;;1H/q;;+1;/p-1. The second-order valence-corrected chi connectivity index (χ2v) is 5.73. The molecule has 0 aliphatic rings. The Morgan fingerprint density at radius 2 is 1.12 bits per heavy atom. The van der Waals surface area contributed by atoms with Gasteiger partial charge in [-0.1, -0.05) is 0 Å². The van der Waals surface area contributed by atoms with Gasteiger partial charge in [-0.3, -0.25) is 0 Å². The molecule has 0 radical (unpaired) electrons.